The third-order valence-electron chi connectivity index (χ3n) is 8.06. The third-order valence-corrected chi connectivity index (χ3v) is 8.06. The van der Waals surface area contributed by atoms with Gasteiger partial charge in [0.25, 0.3) is 0 Å². The normalized spacial score (nSPS) is 48.9. The molecule has 4 rings (SSSR count). The summed E-state index contributed by atoms with van der Waals surface area (Å²) in [6.45, 7) is 8.37. The van der Waals surface area contributed by atoms with Crippen LogP contribution in [0.3, 0.4) is 0 Å². The van der Waals surface area contributed by atoms with Crippen LogP contribution in [0.4, 0.5) is 0 Å². The number of fused-ring (bicyclic) bond motifs is 2. The van der Waals surface area contributed by atoms with Crippen molar-refractivity contribution < 1.29 is 9.53 Å². The highest BCUT2D eigenvalue weighted by molar-refractivity contribution is 5.72. The molecule has 2 nitrogen and oxygen atoms in total. The van der Waals surface area contributed by atoms with Crippen molar-refractivity contribution in [2.45, 2.75) is 78.2 Å². The zero-order chi connectivity index (χ0) is 15.0. The number of rotatable bonds is 4. The highest BCUT2D eigenvalue weighted by Gasteiger charge is 2.74. The molecule has 4 aliphatic carbocycles. The van der Waals surface area contributed by atoms with Crippen molar-refractivity contribution in [3.63, 3.8) is 0 Å². The number of esters is 1. The first kappa shape index (κ1) is 14.1. The molecule has 0 aromatic heterocycles. The minimum absolute atomic E-state index is 0.0000534. The van der Waals surface area contributed by atoms with E-state index in [1.807, 2.05) is 13.8 Å². The van der Waals surface area contributed by atoms with Gasteiger partial charge in [0.1, 0.15) is 5.60 Å². The van der Waals surface area contributed by atoms with Gasteiger partial charge in [-0.2, -0.15) is 0 Å². The topological polar surface area (TPSA) is 26.3 Å². The van der Waals surface area contributed by atoms with Gasteiger partial charge in [0, 0.05) is 5.41 Å². The lowest BCUT2D eigenvalue weighted by molar-refractivity contribution is -0.183. The maximum atomic E-state index is 12.3. The second-order valence-corrected chi connectivity index (χ2v) is 9.19. The summed E-state index contributed by atoms with van der Waals surface area (Å²) in [6, 6.07) is 0. The number of hydrogen-bond acceptors (Lipinski definition) is 2. The molecular formula is C19H30O2. The molecule has 0 N–H and O–H groups in total. The number of carbonyl (C=O) groups excluding carboxylic acids is 1. The van der Waals surface area contributed by atoms with Gasteiger partial charge in [-0.1, -0.05) is 20.8 Å². The molecular weight excluding hydrogens is 260 g/mol. The van der Waals surface area contributed by atoms with Crippen molar-refractivity contribution in [1.82, 2.24) is 0 Å². The molecule has 0 heterocycles. The predicted octanol–water partition coefficient (Wildman–Crippen LogP) is 4.57. The van der Waals surface area contributed by atoms with Gasteiger partial charge in [-0.05, 0) is 75.0 Å². The average Bonchev–Trinajstić information content (AvgIpc) is 2.74. The fraction of sp³-hybridized carbons (Fsp3) is 0.947. The van der Waals surface area contributed by atoms with Gasteiger partial charge in [-0.15, -0.1) is 0 Å². The van der Waals surface area contributed by atoms with Crippen molar-refractivity contribution in [2.24, 2.45) is 34.5 Å². The first-order valence-electron chi connectivity index (χ1n) is 9.07. The van der Waals surface area contributed by atoms with Crippen molar-refractivity contribution >= 4 is 5.97 Å². The monoisotopic (exact) mass is 290 g/mol. The molecule has 4 saturated carbocycles. The Hall–Kier alpha value is -0.530. The van der Waals surface area contributed by atoms with Gasteiger partial charge < -0.3 is 4.74 Å². The van der Waals surface area contributed by atoms with Crippen molar-refractivity contribution in [3.05, 3.63) is 0 Å². The van der Waals surface area contributed by atoms with E-state index in [9.17, 15) is 4.79 Å². The molecule has 0 aromatic rings. The molecule has 4 aliphatic rings. The molecule has 1 spiro atoms. The first-order valence-corrected chi connectivity index (χ1v) is 9.07. The van der Waals surface area contributed by atoms with Crippen LogP contribution in [0, 0.1) is 34.5 Å². The lowest BCUT2D eigenvalue weighted by Gasteiger charge is -2.51. The molecule has 6 atom stereocenters. The average molecular weight is 290 g/mol. The second-order valence-electron chi connectivity index (χ2n) is 9.19. The van der Waals surface area contributed by atoms with Gasteiger partial charge in [-0.3, -0.25) is 4.79 Å². The quantitative estimate of drug-likeness (QED) is 0.709. The number of ether oxygens (including phenoxy) is 1. The highest BCUT2D eigenvalue weighted by atomic mass is 16.6. The van der Waals surface area contributed by atoms with Crippen LogP contribution in [0.5, 0.6) is 0 Å². The summed E-state index contributed by atoms with van der Waals surface area (Å²) in [4.78, 5) is 12.3. The fourth-order valence-electron chi connectivity index (χ4n) is 6.87. The van der Waals surface area contributed by atoms with Crippen molar-refractivity contribution in [3.8, 4) is 0 Å². The van der Waals surface area contributed by atoms with Gasteiger partial charge in [0.2, 0.25) is 0 Å². The summed E-state index contributed by atoms with van der Waals surface area (Å²) in [5.74, 6) is 2.86. The smallest absolute Gasteiger partial charge is 0.308 e. The molecule has 0 amide bonds. The standard InChI is InChI=1S/C19H30O2/c1-5-17(4,21-16(20)12(2)3)18-8-13-6-14-7-15(10-18)19(14,9-13)11-18/h12-15H,5-11H2,1-4H3. The third kappa shape index (κ3) is 1.57. The molecule has 4 fully saturated rings. The van der Waals surface area contributed by atoms with Gasteiger partial charge in [0.15, 0.2) is 0 Å². The summed E-state index contributed by atoms with van der Waals surface area (Å²) in [6.07, 6.45) is 9.38. The molecule has 0 radical (unpaired) electrons. The maximum Gasteiger partial charge on any atom is 0.308 e. The molecule has 3 bridgehead atoms. The summed E-state index contributed by atoms with van der Waals surface area (Å²) in [5.41, 5.74) is 0.709. The van der Waals surface area contributed by atoms with E-state index in [4.69, 9.17) is 4.74 Å². The Morgan fingerprint density at radius 1 is 1.24 bits per heavy atom. The summed E-state index contributed by atoms with van der Waals surface area (Å²) in [7, 11) is 0. The Morgan fingerprint density at radius 2 is 2.00 bits per heavy atom. The van der Waals surface area contributed by atoms with Crippen LogP contribution in [-0.4, -0.2) is 11.6 Å². The minimum atomic E-state index is -0.244. The molecule has 0 aliphatic heterocycles. The van der Waals surface area contributed by atoms with Gasteiger partial charge in [-0.25, -0.2) is 0 Å². The lowest BCUT2D eigenvalue weighted by Crippen LogP contribution is -2.50. The Labute approximate surface area is 129 Å². The Balaban J connectivity index is 1.66. The van der Waals surface area contributed by atoms with Crippen LogP contribution in [0.1, 0.15) is 72.6 Å². The van der Waals surface area contributed by atoms with E-state index in [0.717, 1.165) is 24.2 Å². The molecule has 118 valence electrons. The molecule has 0 saturated heterocycles. The highest BCUT2D eigenvalue weighted by Crippen LogP contribution is 2.80. The Morgan fingerprint density at radius 3 is 2.67 bits per heavy atom. The van der Waals surface area contributed by atoms with Gasteiger partial charge >= 0.3 is 5.97 Å². The van der Waals surface area contributed by atoms with E-state index < -0.39 is 0 Å². The summed E-state index contributed by atoms with van der Waals surface area (Å²) >= 11 is 0. The summed E-state index contributed by atoms with van der Waals surface area (Å²) in [5, 5.41) is 0. The van der Waals surface area contributed by atoms with Crippen molar-refractivity contribution in [2.75, 3.05) is 0 Å². The molecule has 21 heavy (non-hydrogen) atoms. The molecule has 0 aromatic carbocycles. The Bertz CT molecular complexity index is 480. The zero-order valence-electron chi connectivity index (χ0n) is 14.1. The van der Waals surface area contributed by atoms with Crippen LogP contribution in [-0.2, 0) is 9.53 Å². The van der Waals surface area contributed by atoms with Crippen LogP contribution in [0.15, 0.2) is 0 Å². The van der Waals surface area contributed by atoms with Crippen LogP contribution in [0.2, 0.25) is 0 Å². The van der Waals surface area contributed by atoms with Crippen LogP contribution >= 0.6 is 0 Å². The fourth-order valence-corrected chi connectivity index (χ4v) is 6.87. The maximum absolute atomic E-state index is 12.3. The van der Waals surface area contributed by atoms with E-state index in [1.165, 1.54) is 38.5 Å². The minimum Gasteiger partial charge on any atom is -0.459 e. The zero-order valence-corrected chi connectivity index (χ0v) is 14.1. The van der Waals surface area contributed by atoms with Crippen LogP contribution < -0.4 is 0 Å². The SMILES string of the molecule is CCC(C)(OC(=O)C(C)C)C12CC3CC4CC(C1)C4(C3)C2. The number of hydrogen-bond donors (Lipinski definition) is 0. The van der Waals surface area contributed by atoms with E-state index in [-0.39, 0.29) is 22.9 Å². The van der Waals surface area contributed by atoms with Gasteiger partial charge in [0.05, 0.1) is 5.92 Å². The van der Waals surface area contributed by atoms with E-state index >= 15 is 0 Å². The Kier molecular flexibility index (Phi) is 2.72. The van der Waals surface area contributed by atoms with E-state index in [1.54, 1.807) is 0 Å². The van der Waals surface area contributed by atoms with E-state index in [0.29, 0.717) is 5.41 Å². The predicted molar refractivity (Wildman–Crippen MR) is 82.7 cm³/mol. The van der Waals surface area contributed by atoms with Crippen molar-refractivity contribution in [1.29, 1.82) is 0 Å². The molecule has 6 unspecified atom stereocenters. The largest absolute Gasteiger partial charge is 0.459 e. The first-order chi connectivity index (χ1) is 9.84. The molecule has 2 heteroatoms. The number of carbonyl (C=O) groups is 1. The second kappa shape index (κ2) is 4.06. The lowest BCUT2D eigenvalue weighted by atomic mass is 9.55. The van der Waals surface area contributed by atoms with Crippen LogP contribution in [0.25, 0.3) is 0 Å². The van der Waals surface area contributed by atoms with E-state index in [2.05, 4.69) is 13.8 Å². The summed E-state index contributed by atoms with van der Waals surface area (Å²) < 4.78 is 6.16.